The molecule has 0 aliphatic heterocycles. The summed E-state index contributed by atoms with van der Waals surface area (Å²) in [5.74, 6) is -1.42. The lowest BCUT2D eigenvalue weighted by molar-refractivity contribution is -0.137. The second-order valence-electron chi connectivity index (χ2n) is 6.45. The van der Waals surface area contributed by atoms with Gasteiger partial charge in [-0.25, -0.2) is 13.6 Å². The Morgan fingerprint density at radius 2 is 1.93 bits per heavy atom. The molecule has 0 radical (unpaired) electrons. The molecule has 1 saturated carbocycles. The topological polar surface area (TPSA) is 127 Å². The Bertz CT molecular complexity index is 808. The van der Waals surface area contributed by atoms with Gasteiger partial charge in [0.25, 0.3) is 5.91 Å². The quantitative estimate of drug-likeness (QED) is 0.540. The molecule has 7 nitrogen and oxygen atoms in total. The van der Waals surface area contributed by atoms with Crippen LogP contribution in [0.5, 0.6) is 0 Å². The molecule has 1 aromatic rings. The highest BCUT2D eigenvalue weighted by molar-refractivity contribution is 8.00. The van der Waals surface area contributed by atoms with Crippen LogP contribution in [0.25, 0.3) is 0 Å². The zero-order valence-corrected chi connectivity index (χ0v) is 17.1. The van der Waals surface area contributed by atoms with Crippen LogP contribution in [0.1, 0.15) is 55.3 Å². The Morgan fingerprint density at radius 3 is 2.52 bits per heavy atom. The fraction of sp³-hybridized carbons (Fsp3) is 0.529. The number of nitrogens with one attached hydrogen (secondary N) is 1. The maximum Gasteiger partial charge on any atom is 0.303 e. The average Bonchev–Trinajstić information content (AvgIpc) is 2.58. The summed E-state index contributed by atoms with van der Waals surface area (Å²) in [6.07, 6.45) is 5.71. The first-order chi connectivity index (χ1) is 12.7. The monoisotopic (exact) mass is 434 g/mol. The summed E-state index contributed by atoms with van der Waals surface area (Å²) < 4.78 is 23.5. The highest BCUT2D eigenvalue weighted by atomic mass is 35.5. The van der Waals surface area contributed by atoms with Crippen LogP contribution in [0, 0.1) is 0 Å². The van der Waals surface area contributed by atoms with E-state index >= 15 is 0 Å². The molecule has 150 valence electrons. The van der Waals surface area contributed by atoms with Gasteiger partial charge < -0.3 is 10.4 Å². The number of sulfonamides is 1. The Morgan fingerprint density at radius 1 is 1.26 bits per heavy atom. The minimum absolute atomic E-state index is 0.0155. The maximum atomic E-state index is 12.6. The zero-order chi connectivity index (χ0) is 20.0. The Hall–Kier alpha value is -1.29. The van der Waals surface area contributed by atoms with Crippen molar-refractivity contribution in [2.45, 2.75) is 60.0 Å². The Balaban J connectivity index is 2.26. The molecule has 0 bridgehead atoms. The summed E-state index contributed by atoms with van der Waals surface area (Å²) in [4.78, 5) is 23.5. The average molecular weight is 435 g/mol. The minimum atomic E-state index is -4.07. The standard InChI is InChI=1S/C17H23ClN2O5S2/c18-13-10-14(26-11-5-2-1-3-6-11)12(9-15(13)27(19,24)25)17(23)20-8-4-7-16(21)22/h9-11H,1-8H2,(H,20,23)(H,21,22)(H2,19,24,25). The normalized spacial score (nSPS) is 15.5. The third-order valence-corrected chi connectivity index (χ3v) is 7.06. The number of amides is 1. The molecule has 0 atom stereocenters. The molecule has 4 N–H and O–H groups in total. The van der Waals surface area contributed by atoms with Gasteiger partial charge in [0.1, 0.15) is 4.90 Å². The largest absolute Gasteiger partial charge is 0.481 e. The smallest absolute Gasteiger partial charge is 0.303 e. The first kappa shape index (κ1) is 22.0. The molecule has 27 heavy (non-hydrogen) atoms. The summed E-state index contributed by atoms with van der Waals surface area (Å²) in [6, 6.07) is 2.68. The van der Waals surface area contributed by atoms with Gasteiger partial charge in [-0.3, -0.25) is 9.59 Å². The number of carboxylic acid groups (broad SMARTS) is 1. The lowest BCUT2D eigenvalue weighted by atomic mass is 10.0. The number of hydrogen-bond acceptors (Lipinski definition) is 5. The molecule has 1 fully saturated rings. The number of rotatable bonds is 8. The Labute approximate surface area is 168 Å². The summed E-state index contributed by atoms with van der Waals surface area (Å²) >= 11 is 7.62. The van der Waals surface area contributed by atoms with E-state index in [0.717, 1.165) is 25.7 Å². The van der Waals surface area contributed by atoms with Gasteiger partial charge >= 0.3 is 5.97 Å². The number of halogens is 1. The van der Waals surface area contributed by atoms with Crippen LogP contribution in [-0.2, 0) is 14.8 Å². The van der Waals surface area contributed by atoms with Gasteiger partial charge in [0.2, 0.25) is 10.0 Å². The van der Waals surface area contributed by atoms with Crippen LogP contribution in [0.15, 0.2) is 21.9 Å². The number of carbonyl (C=O) groups is 2. The fourth-order valence-electron chi connectivity index (χ4n) is 2.93. The molecule has 0 unspecified atom stereocenters. The first-order valence-electron chi connectivity index (χ1n) is 8.71. The van der Waals surface area contributed by atoms with Gasteiger partial charge in [-0.2, -0.15) is 0 Å². The van der Waals surface area contributed by atoms with Crippen molar-refractivity contribution in [1.29, 1.82) is 0 Å². The van der Waals surface area contributed by atoms with E-state index in [4.69, 9.17) is 21.8 Å². The van der Waals surface area contributed by atoms with Gasteiger partial charge in [0, 0.05) is 23.1 Å². The number of nitrogens with two attached hydrogens (primary N) is 1. The minimum Gasteiger partial charge on any atom is -0.481 e. The molecule has 2 rings (SSSR count). The third-order valence-electron chi connectivity index (χ3n) is 4.28. The second kappa shape index (κ2) is 9.77. The molecule has 0 aromatic heterocycles. The van der Waals surface area contributed by atoms with Gasteiger partial charge in [0.15, 0.2) is 0 Å². The highest BCUT2D eigenvalue weighted by Crippen LogP contribution is 2.38. The molecule has 0 spiro atoms. The maximum absolute atomic E-state index is 12.6. The van der Waals surface area contributed by atoms with Crippen LogP contribution < -0.4 is 10.5 Å². The first-order valence-corrected chi connectivity index (χ1v) is 11.5. The van der Waals surface area contributed by atoms with Gasteiger partial charge in [-0.1, -0.05) is 30.9 Å². The number of carboxylic acids is 1. The molecule has 0 saturated heterocycles. The van der Waals surface area contributed by atoms with Crippen molar-refractivity contribution in [2.24, 2.45) is 5.14 Å². The second-order valence-corrected chi connectivity index (χ2v) is 9.73. The van der Waals surface area contributed by atoms with Crippen molar-refractivity contribution in [3.8, 4) is 0 Å². The van der Waals surface area contributed by atoms with E-state index in [1.165, 1.54) is 30.3 Å². The van der Waals surface area contributed by atoms with Gasteiger partial charge in [0.05, 0.1) is 10.6 Å². The number of carbonyl (C=O) groups excluding carboxylic acids is 1. The Kier molecular flexibility index (Phi) is 7.96. The number of benzene rings is 1. The van der Waals surface area contributed by atoms with Crippen molar-refractivity contribution < 1.29 is 23.1 Å². The lowest BCUT2D eigenvalue weighted by Gasteiger charge is -2.22. The van der Waals surface area contributed by atoms with E-state index in [1.54, 1.807) is 0 Å². The highest BCUT2D eigenvalue weighted by Gasteiger charge is 2.23. The van der Waals surface area contributed by atoms with E-state index in [2.05, 4.69) is 5.32 Å². The molecule has 1 amide bonds. The molecule has 0 heterocycles. The molecular formula is C17H23ClN2O5S2. The summed E-state index contributed by atoms with van der Waals surface area (Å²) in [5, 5.41) is 16.8. The summed E-state index contributed by atoms with van der Waals surface area (Å²) in [7, 11) is -4.07. The van der Waals surface area contributed by atoms with Crippen molar-refractivity contribution in [2.75, 3.05) is 6.54 Å². The van der Waals surface area contributed by atoms with Crippen LogP contribution >= 0.6 is 23.4 Å². The van der Waals surface area contributed by atoms with Crippen LogP contribution in [0.4, 0.5) is 0 Å². The number of primary sulfonamides is 1. The number of hydrogen-bond donors (Lipinski definition) is 3. The van der Waals surface area contributed by atoms with E-state index in [1.807, 2.05) is 0 Å². The molecule has 1 aliphatic rings. The zero-order valence-electron chi connectivity index (χ0n) is 14.7. The molecule has 10 heteroatoms. The van der Waals surface area contributed by atoms with E-state index in [-0.39, 0.29) is 34.9 Å². The third kappa shape index (κ3) is 6.67. The SMILES string of the molecule is NS(=O)(=O)c1cc(C(=O)NCCCC(=O)O)c(SC2CCCCC2)cc1Cl. The summed E-state index contributed by atoms with van der Waals surface area (Å²) in [6.45, 7) is 0.173. The molecule has 1 aliphatic carbocycles. The van der Waals surface area contributed by atoms with Crippen molar-refractivity contribution in [1.82, 2.24) is 5.32 Å². The van der Waals surface area contributed by atoms with E-state index in [0.29, 0.717) is 10.1 Å². The van der Waals surface area contributed by atoms with Gasteiger partial charge in [-0.15, -0.1) is 11.8 Å². The van der Waals surface area contributed by atoms with Crippen LogP contribution in [0.2, 0.25) is 5.02 Å². The van der Waals surface area contributed by atoms with Crippen molar-refractivity contribution in [3.05, 3.63) is 22.7 Å². The van der Waals surface area contributed by atoms with E-state index in [9.17, 15) is 18.0 Å². The van der Waals surface area contributed by atoms with E-state index < -0.39 is 21.9 Å². The lowest BCUT2D eigenvalue weighted by Crippen LogP contribution is -2.26. The van der Waals surface area contributed by atoms with Gasteiger partial charge in [-0.05, 0) is 31.4 Å². The fourth-order valence-corrected chi connectivity index (χ4v) is 5.48. The predicted octanol–water partition coefficient (Wildman–Crippen LogP) is 3.01. The molecular weight excluding hydrogens is 412 g/mol. The van der Waals surface area contributed by atoms with Crippen LogP contribution in [-0.4, -0.2) is 37.2 Å². The van der Waals surface area contributed by atoms with Crippen LogP contribution in [0.3, 0.4) is 0 Å². The predicted molar refractivity (Wildman–Crippen MR) is 105 cm³/mol. The summed E-state index contributed by atoms with van der Waals surface area (Å²) in [5.41, 5.74) is 0.189. The molecule has 1 aromatic carbocycles. The van der Waals surface area contributed by atoms with Crippen molar-refractivity contribution in [3.63, 3.8) is 0 Å². The van der Waals surface area contributed by atoms with Crippen molar-refractivity contribution >= 4 is 45.3 Å². The number of thioether (sulfide) groups is 1. The number of aliphatic carboxylic acids is 1.